The molecule has 0 saturated heterocycles. The van der Waals surface area contributed by atoms with Crippen LogP contribution in [0, 0.1) is 17.2 Å². The number of hydrogen-bond donors (Lipinski definition) is 2. The summed E-state index contributed by atoms with van der Waals surface area (Å²) in [4.78, 5) is 23.9. The van der Waals surface area contributed by atoms with Crippen molar-refractivity contribution in [3.05, 3.63) is 35.9 Å². The van der Waals surface area contributed by atoms with Crippen molar-refractivity contribution in [3.8, 4) is 6.07 Å². The molecule has 0 fully saturated rings. The summed E-state index contributed by atoms with van der Waals surface area (Å²) in [7, 11) is 0. The highest BCUT2D eigenvalue weighted by atomic mass is 16.2. The summed E-state index contributed by atoms with van der Waals surface area (Å²) in [6.45, 7) is 3.58. The average Bonchev–Trinajstić information content (AvgIpc) is 2.43. The van der Waals surface area contributed by atoms with Crippen molar-refractivity contribution in [1.29, 1.82) is 5.26 Å². The smallest absolute Gasteiger partial charge is 0.251 e. The van der Waals surface area contributed by atoms with Crippen molar-refractivity contribution in [2.24, 2.45) is 11.7 Å². The highest BCUT2D eigenvalue weighted by Crippen LogP contribution is 2.07. The average molecular weight is 259 g/mol. The Kier molecular flexibility index (Phi) is 5.22. The van der Waals surface area contributed by atoms with E-state index in [9.17, 15) is 9.59 Å². The minimum atomic E-state index is -1.22. The van der Waals surface area contributed by atoms with Crippen molar-refractivity contribution >= 4 is 11.7 Å². The Morgan fingerprint density at radius 3 is 2.32 bits per heavy atom. The second-order valence-corrected chi connectivity index (χ2v) is 4.57. The van der Waals surface area contributed by atoms with Gasteiger partial charge in [-0.15, -0.1) is 0 Å². The molecule has 2 atom stereocenters. The number of benzene rings is 1. The molecule has 1 aromatic rings. The Labute approximate surface area is 112 Å². The minimum absolute atomic E-state index is 0.139. The number of rotatable bonds is 5. The highest BCUT2D eigenvalue weighted by Gasteiger charge is 2.28. The molecule has 0 aromatic heterocycles. The molecule has 1 rings (SSSR count). The molecular weight excluding hydrogens is 242 g/mol. The van der Waals surface area contributed by atoms with E-state index in [0.717, 1.165) is 0 Å². The van der Waals surface area contributed by atoms with Gasteiger partial charge in [-0.2, -0.15) is 5.26 Å². The zero-order chi connectivity index (χ0) is 14.4. The van der Waals surface area contributed by atoms with Crippen LogP contribution < -0.4 is 11.1 Å². The molecule has 0 saturated carbocycles. The molecule has 3 N–H and O–H groups in total. The Morgan fingerprint density at radius 1 is 1.26 bits per heavy atom. The van der Waals surface area contributed by atoms with Gasteiger partial charge < -0.3 is 11.1 Å². The molecular formula is C14H17N3O2. The first-order chi connectivity index (χ1) is 8.97. The zero-order valence-corrected chi connectivity index (χ0v) is 11.0. The van der Waals surface area contributed by atoms with Gasteiger partial charge in [-0.3, -0.25) is 9.59 Å². The van der Waals surface area contributed by atoms with Gasteiger partial charge in [0.25, 0.3) is 5.91 Å². The van der Waals surface area contributed by atoms with Crippen molar-refractivity contribution < 1.29 is 9.59 Å². The largest absolute Gasteiger partial charge is 0.342 e. The first kappa shape index (κ1) is 14.9. The predicted octanol–water partition coefficient (Wildman–Crippen LogP) is 0.861. The van der Waals surface area contributed by atoms with E-state index in [0.29, 0.717) is 5.56 Å². The monoisotopic (exact) mass is 259 g/mol. The van der Waals surface area contributed by atoms with Gasteiger partial charge in [-0.25, -0.2) is 0 Å². The fourth-order valence-corrected chi connectivity index (χ4v) is 1.64. The predicted molar refractivity (Wildman–Crippen MR) is 71.1 cm³/mol. The SMILES string of the molecule is CC(C)[C@H](NC(=O)c1ccccc1)C(=O)C(N)C#N. The first-order valence-corrected chi connectivity index (χ1v) is 6.02. The van der Waals surface area contributed by atoms with E-state index in [2.05, 4.69) is 5.32 Å². The van der Waals surface area contributed by atoms with E-state index in [1.54, 1.807) is 50.2 Å². The maximum Gasteiger partial charge on any atom is 0.251 e. The van der Waals surface area contributed by atoms with Crippen LogP contribution in [0.4, 0.5) is 0 Å². The lowest BCUT2D eigenvalue weighted by atomic mass is 9.95. The standard InChI is InChI=1S/C14H17N3O2/c1-9(2)12(13(18)11(16)8-15)17-14(19)10-6-4-3-5-7-10/h3-7,9,11-12H,16H2,1-2H3,(H,17,19)/t11?,12-/m0/s1. The molecule has 0 heterocycles. The number of amides is 1. The molecule has 0 radical (unpaired) electrons. The number of nitriles is 1. The van der Waals surface area contributed by atoms with Crippen LogP contribution in [0.25, 0.3) is 0 Å². The van der Waals surface area contributed by atoms with Crippen LogP contribution in [0.2, 0.25) is 0 Å². The summed E-state index contributed by atoms with van der Waals surface area (Å²) >= 11 is 0. The third kappa shape index (κ3) is 3.90. The zero-order valence-electron chi connectivity index (χ0n) is 11.0. The lowest BCUT2D eigenvalue weighted by Crippen LogP contribution is -2.50. The van der Waals surface area contributed by atoms with E-state index in [1.165, 1.54) is 0 Å². The molecule has 0 bridgehead atoms. The normalized spacial score (nSPS) is 13.4. The molecule has 1 unspecified atom stereocenters. The van der Waals surface area contributed by atoms with Gasteiger partial charge >= 0.3 is 0 Å². The summed E-state index contributed by atoms with van der Waals surface area (Å²) < 4.78 is 0. The summed E-state index contributed by atoms with van der Waals surface area (Å²) in [5.41, 5.74) is 5.87. The van der Waals surface area contributed by atoms with E-state index in [-0.39, 0.29) is 11.8 Å². The van der Waals surface area contributed by atoms with E-state index in [4.69, 9.17) is 11.0 Å². The molecule has 19 heavy (non-hydrogen) atoms. The van der Waals surface area contributed by atoms with Crippen LogP contribution in [0.3, 0.4) is 0 Å². The van der Waals surface area contributed by atoms with Gasteiger partial charge in [0, 0.05) is 5.56 Å². The van der Waals surface area contributed by atoms with Crippen LogP contribution in [-0.4, -0.2) is 23.8 Å². The molecule has 0 aliphatic heterocycles. The number of hydrogen-bond acceptors (Lipinski definition) is 4. The van der Waals surface area contributed by atoms with Gasteiger partial charge in [0.15, 0.2) is 11.8 Å². The fourth-order valence-electron chi connectivity index (χ4n) is 1.64. The van der Waals surface area contributed by atoms with E-state index >= 15 is 0 Å². The Hall–Kier alpha value is -2.19. The maximum atomic E-state index is 12.0. The Morgan fingerprint density at radius 2 is 1.84 bits per heavy atom. The number of Topliss-reactive ketones (excluding diaryl/α,β-unsaturated/α-hetero) is 1. The fraction of sp³-hybridized carbons (Fsp3) is 0.357. The molecule has 1 amide bonds. The highest BCUT2D eigenvalue weighted by molar-refractivity contribution is 5.99. The van der Waals surface area contributed by atoms with Crippen molar-refractivity contribution in [2.75, 3.05) is 0 Å². The van der Waals surface area contributed by atoms with E-state index in [1.807, 2.05) is 0 Å². The summed E-state index contributed by atoms with van der Waals surface area (Å²) in [5.74, 6) is -0.959. The van der Waals surface area contributed by atoms with Crippen LogP contribution in [0.5, 0.6) is 0 Å². The second kappa shape index (κ2) is 6.66. The Balaban J connectivity index is 2.84. The number of carbonyl (C=O) groups excluding carboxylic acids is 2. The molecule has 1 aromatic carbocycles. The van der Waals surface area contributed by atoms with Gasteiger partial charge in [0.05, 0.1) is 12.1 Å². The first-order valence-electron chi connectivity index (χ1n) is 6.02. The van der Waals surface area contributed by atoms with Crippen LogP contribution in [-0.2, 0) is 4.79 Å². The number of nitrogens with one attached hydrogen (secondary N) is 1. The number of ketones is 1. The molecule has 0 aliphatic carbocycles. The molecule has 0 spiro atoms. The third-order valence-corrected chi connectivity index (χ3v) is 2.74. The number of nitrogens with zero attached hydrogens (tertiary/aromatic N) is 1. The molecule has 5 heteroatoms. The van der Waals surface area contributed by atoms with Crippen LogP contribution >= 0.6 is 0 Å². The van der Waals surface area contributed by atoms with Crippen molar-refractivity contribution in [3.63, 3.8) is 0 Å². The van der Waals surface area contributed by atoms with E-state index < -0.39 is 17.9 Å². The topological polar surface area (TPSA) is 96.0 Å². The number of nitrogens with two attached hydrogens (primary N) is 1. The van der Waals surface area contributed by atoms with Gasteiger partial charge in [0.2, 0.25) is 0 Å². The van der Waals surface area contributed by atoms with Crippen LogP contribution in [0.15, 0.2) is 30.3 Å². The number of carbonyl (C=O) groups is 2. The van der Waals surface area contributed by atoms with Crippen LogP contribution in [0.1, 0.15) is 24.2 Å². The lowest BCUT2D eigenvalue weighted by molar-refractivity contribution is -0.121. The van der Waals surface area contributed by atoms with Gasteiger partial charge in [-0.1, -0.05) is 32.0 Å². The second-order valence-electron chi connectivity index (χ2n) is 4.57. The van der Waals surface area contributed by atoms with Crippen molar-refractivity contribution in [2.45, 2.75) is 25.9 Å². The maximum absolute atomic E-state index is 12.0. The quantitative estimate of drug-likeness (QED) is 0.819. The summed E-state index contributed by atoms with van der Waals surface area (Å²) in [6, 6.07) is 8.29. The minimum Gasteiger partial charge on any atom is -0.342 e. The summed E-state index contributed by atoms with van der Waals surface area (Å²) in [5, 5.41) is 11.3. The van der Waals surface area contributed by atoms with Crippen molar-refractivity contribution in [1.82, 2.24) is 5.32 Å². The third-order valence-electron chi connectivity index (χ3n) is 2.74. The summed E-state index contributed by atoms with van der Waals surface area (Å²) in [6.07, 6.45) is 0. The molecule has 100 valence electrons. The van der Waals surface area contributed by atoms with Gasteiger partial charge in [0.1, 0.15) is 0 Å². The molecule has 5 nitrogen and oxygen atoms in total. The lowest BCUT2D eigenvalue weighted by Gasteiger charge is -2.22. The molecule has 0 aliphatic rings. The van der Waals surface area contributed by atoms with Gasteiger partial charge in [-0.05, 0) is 18.1 Å². The Bertz CT molecular complexity index is 491.